The molecule has 1 aliphatic rings. The lowest BCUT2D eigenvalue weighted by Crippen LogP contribution is -2.64. The highest BCUT2D eigenvalue weighted by Gasteiger charge is 2.45. The molecule has 4 N–H and O–H groups in total. The van der Waals surface area contributed by atoms with E-state index in [1.807, 2.05) is 0 Å². The monoisotopic (exact) mass is 334 g/mol. The van der Waals surface area contributed by atoms with E-state index >= 15 is 0 Å². The Labute approximate surface area is 132 Å². The SMILES string of the molecule is CC(=O)N[C@H]1[C@@H](OCCOCCN=[N+]=[N-])O[C@H](CO)[C@@H](O)[C@@H]1O. The van der Waals surface area contributed by atoms with Crippen LogP contribution in [-0.4, -0.2) is 84.8 Å². The predicted molar refractivity (Wildman–Crippen MR) is 76.1 cm³/mol. The molecule has 1 rings (SSSR count). The second kappa shape index (κ2) is 10.3. The fraction of sp³-hybridized carbons (Fsp3) is 0.917. The van der Waals surface area contributed by atoms with Crippen molar-refractivity contribution < 1.29 is 34.3 Å². The summed E-state index contributed by atoms with van der Waals surface area (Å²) in [4.78, 5) is 13.8. The number of nitrogens with zero attached hydrogens (tertiary/aromatic N) is 3. The molecule has 23 heavy (non-hydrogen) atoms. The number of ether oxygens (including phenoxy) is 3. The van der Waals surface area contributed by atoms with Crippen LogP contribution in [-0.2, 0) is 19.0 Å². The molecule has 0 aromatic rings. The molecule has 5 atom stereocenters. The van der Waals surface area contributed by atoms with Gasteiger partial charge in [-0.3, -0.25) is 4.79 Å². The molecule has 1 amide bonds. The molecule has 0 radical (unpaired) electrons. The minimum Gasteiger partial charge on any atom is -0.394 e. The highest BCUT2D eigenvalue weighted by atomic mass is 16.7. The van der Waals surface area contributed by atoms with Gasteiger partial charge < -0.3 is 34.8 Å². The van der Waals surface area contributed by atoms with Crippen molar-refractivity contribution in [1.82, 2.24) is 5.32 Å². The molecule has 11 heteroatoms. The topological polar surface area (TPSA) is 166 Å². The molecule has 11 nitrogen and oxygen atoms in total. The van der Waals surface area contributed by atoms with E-state index in [1.165, 1.54) is 6.92 Å². The number of hydrogen-bond donors (Lipinski definition) is 4. The van der Waals surface area contributed by atoms with Crippen LogP contribution in [0.3, 0.4) is 0 Å². The molecule has 0 aliphatic carbocycles. The Morgan fingerprint density at radius 2 is 2.09 bits per heavy atom. The zero-order valence-electron chi connectivity index (χ0n) is 12.7. The van der Waals surface area contributed by atoms with Crippen LogP contribution in [0, 0.1) is 0 Å². The van der Waals surface area contributed by atoms with Gasteiger partial charge in [-0.25, -0.2) is 0 Å². The normalized spacial score (nSPS) is 30.5. The zero-order chi connectivity index (χ0) is 17.2. The lowest BCUT2D eigenvalue weighted by molar-refractivity contribution is -0.272. The van der Waals surface area contributed by atoms with E-state index in [9.17, 15) is 15.0 Å². The van der Waals surface area contributed by atoms with Gasteiger partial charge in [-0.2, -0.15) is 0 Å². The van der Waals surface area contributed by atoms with Gasteiger partial charge in [0, 0.05) is 18.4 Å². The number of carbonyl (C=O) groups excluding carboxylic acids is 1. The Hall–Kier alpha value is -1.46. The van der Waals surface area contributed by atoms with Crippen molar-refractivity contribution in [3.05, 3.63) is 10.4 Å². The van der Waals surface area contributed by atoms with Crippen molar-refractivity contribution >= 4 is 5.91 Å². The van der Waals surface area contributed by atoms with E-state index in [4.69, 9.17) is 24.8 Å². The van der Waals surface area contributed by atoms with Gasteiger partial charge >= 0.3 is 0 Å². The maximum absolute atomic E-state index is 11.2. The molecule has 132 valence electrons. The van der Waals surface area contributed by atoms with E-state index in [0.717, 1.165) is 0 Å². The average molecular weight is 334 g/mol. The molecule has 0 aromatic carbocycles. The molecular formula is C12H22N4O7. The Bertz CT molecular complexity index is 418. The minimum atomic E-state index is -1.35. The summed E-state index contributed by atoms with van der Waals surface area (Å²) in [5.41, 5.74) is 8.10. The standard InChI is InChI=1S/C12H22N4O7/c1-7(18)15-9-11(20)10(19)8(6-17)23-12(9)22-5-4-21-3-2-14-16-13/h8-12,17,19-20H,2-6H2,1H3,(H,15,18)/t8-,9-,10-,11-,12+/m1/s1. The molecule has 0 spiro atoms. The molecule has 0 saturated carbocycles. The molecule has 1 heterocycles. The van der Waals surface area contributed by atoms with Crippen molar-refractivity contribution in [2.75, 3.05) is 33.0 Å². The first-order valence-corrected chi connectivity index (χ1v) is 7.11. The first-order chi connectivity index (χ1) is 11.0. The Kier molecular flexibility index (Phi) is 8.81. The summed E-state index contributed by atoms with van der Waals surface area (Å²) in [7, 11) is 0. The second-order valence-corrected chi connectivity index (χ2v) is 4.87. The summed E-state index contributed by atoms with van der Waals surface area (Å²) in [5, 5.41) is 34.8. The number of aliphatic hydroxyl groups is 3. The number of azide groups is 1. The molecular weight excluding hydrogens is 312 g/mol. The van der Waals surface area contributed by atoms with Crippen molar-refractivity contribution in [2.24, 2.45) is 5.11 Å². The van der Waals surface area contributed by atoms with Gasteiger partial charge in [0.1, 0.15) is 24.4 Å². The Morgan fingerprint density at radius 1 is 1.35 bits per heavy atom. The molecule has 1 fully saturated rings. The summed E-state index contributed by atoms with van der Waals surface area (Å²) in [6.45, 7) is 1.44. The third-order valence-corrected chi connectivity index (χ3v) is 3.16. The smallest absolute Gasteiger partial charge is 0.217 e. The van der Waals surface area contributed by atoms with Crippen molar-refractivity contribution in [3.63, 3.8) is 0 Å². The summed E-state index contributed by atoms with van der Waals surface area (Å²) in [6, 6.07) is -0.978. The third-order valence-electron chi connectivity index (χ3n) is 3.16. The van der Waals surface area contributed by atoms with E-state index in [2.05, 4.69) is 15.3 Å². The largest absolute Gasteiger partial charge is 0.394 e. The Balaban J connectivity index is 2.49. The zero-order valence-corrected chi connectivity index (χ0v) is 12.7. The van der Waals surface area contributed by atoms with Gasteiger partial charge in [-0.05, 0) is 5.53 Å². The minimum absolute atomic E-state index is 0.0813. The van der Waals surface area contributed by atoms with Gasteiger partial charge in [0.15, 0.2) is 6.29 Å². The first kappa shape index (κ1) is 19.6. The van der Waals surface area contributed by atoms with Gasteiger partial charge in [-0.1, -0.05) is 5.11 Å². The number of rotatable bonds is 9. The number of amides is 1. The maximum atomic E-state index is 11.2. The molecule has 0 bridgehead atoms. The molecule has 0 aromatic heterocycles. The number of nitrogens with one attached hydrogen (secondary N) is 1. The number of hydrogen-bond acceptors (Lipinski definition) is 8. The number of aliphatic hydroxyl groups excluding tert-OH is 3. The fourth-order valence-electron chi connectivity index (χ4n) is 2.09. The second-order valence-electron chi connectivity index (χ2n) is 4.87. The number of carbonyl (C=O) groups is 1. The van der Waals surface area contributed by atoms with Crippen LogP contribution in [0.5, 0.6) is 0 Å². The molecule has 1 saturated heterocycles. The summed E-state index contributed by atoms with van der Waals surface area (Å²) in [6.07, 6.45) is -4.77. The van der Waals surface area contributed by atoms with Crippen LogP contribution in [0.2, 0.25) is 0 Å². The van der Waals surface area contributed by atoms with E-state index in [1.54, 1.807) is 0 Å². The van der Waals surface area contributed by atoms with Crippen LogP contribution in [0.15, 0.2) is 5.11 Å². The van der Waals surface area contributed by atoms with Crippen LogP contribution in [0.25, 0.3) is 10.4 Å². The Morgan fingerprint density at radius 3 is 2.70 bits per heavy atom. The highest BCUT2D eigenvalue weighted by molar-refractivity contribution is 5.73. The van der Waals surface area contributed by atoms with Crippen LogP contribution < -0.4 is 5.32 Å². The average Bonchev–Trinajstić information content (AvgIpc) is 2.52. The lowest BCUT2D eigenvalue weighted by Gasteiger charge is -2.42. The van der Waals surface area contributed by atoms with Gasteiger partial charge in [-0.15, -0.1) is 0 Å². The quantitative estimate of drug-likeness (QED) is 0.168. The highest BCUT2D eigenvalue weighted by Crippen LogP contribution is 2.22. The van der Waals surface area contributed by atoms with Crippen LogP contribution >= 0.6 is 0 Å². The summed E-state index contributed by atoms with van der Waals surface area (Å²) in [5.74, 6) is -0.425. The van der Waals surface area contributed by atoms with Crippen molar-refractivity contribution in [3.8, 4) is 0 Å². The van der Waals surface area contributed by atoms with Gasteiger partial charge in [0.2, 0.25) is 5.91 Å². The van der Waals surface area contributed by atoms with Crippen molar-refractivity contribution in [2.45, 2.75) is 37.6 Å². The predicted octanol–water partition coefficient (Wildman–Crippen LogP) is -1.73. The van der Waals surface area contributed by atoms with Crippen molar-refractivity contribution in [1.29, 1.82) is 0 Å². The maximum Gasteiger partial charge on any atom is 0.217 e. The van der Waals surface area contributed by atoms with Gasteiger partial charge in [0.05, 0.1) is 26.4 Å². The third kappa shape index (κ3) is 6.28. The van der Waals surface area contributed by atoms with Gasteiger partial charge in [0.25, 0.3) is 0 Å². The van der Waals surface area contributed by atoms with Crippen LogP contribution in [0.1, 0.15) is 6.92 Å². The van der Waals surface area contributed by atoms with E-state index in [-0.39, 0.29) is 26.4 Å². The van der Waals surface area contributed by atoms with Crippen LogP contribution in [0.4, 0.5) is 0 Å². The summed E-state index contributed by atoms with van der Waals surface area (Å²) < 4.78 is 15.9. The molecule has 1 aliphatic heterocycles. The first-order valence-electron chi connectivity index (χ1n) is 7.11. The fourth-order valence-corrected chi connectivity index (χ4v) is 2.09. The summed E-state index contributed by atoms with van der Waals surface area (Å²) >= 11 is 0. The lowest BCUT2D eigenvalue weighted by atomic mass is 9.97. The van der Waals surface area contributed by atoms with E-state index in [0.29, 0.717) is 0 Å². The molecule has 0 unspecified atom stereocenters. The van der Waals surface area contributed by atoms with E-state index < -0.39 is 43.2 Å².